The molecule has 0 heterocycles. The molecule has 3 nitrogen and oxygen atoms in total. The van der Waals surface area contributed by atoms with Crippen LogP contribution >= 0.6 is 11.6 Å². The van der Waals surface area contributed by atoms with Gasteiger partial charge in [0.1, 0.15) is 5.75 Å². The molecule has 1 aliphatic carbocycles. The number of ether oxygens (including phenoxy) is 1. The third-order valence-electron chi connectivity index (χ3n) is 3.50. The van der Waals surface area contributed by atoms with Crippen molar-refractivity contribution in [2.75, 3.05) is 7.11 Å². The van der Waals surface area contributed by atoms with E-state index in [4.69, 9.17) is 16.3 Å². The first-order valence-electron chi connectivity index (χ1n) is 5.51. The van der Waals surface area contributed by atoms with Crippen LogP contribution in [0, 0.1) is 13.8 Å². The minimum Gasteiger partial charge on any atom is -0.496 e. The fourth-order valence-electron chi connectivity index (χ4n) is 2.51. The average Bonchev–Trinajstić information content (AvgIpc) is 2.98. The molecule has 1 aromatic rings. The summed E-state index contributed by atoms with van der Waals surface area (Å²) >= 11 is 6.21. The Morgan fingerprint density at radius 1 is 1.47 bits per heavy atom. The van der Waals surface area contributed by atoms with Gasteiger partial charge in [-0.3, -0.25) is 4.79 Å². The largest absolute Gasteiger partial charge is 0.496 e. The summed E-state index contributed by atoms with van der Waals surface area (Å²) in [6.07, 6.45) is 1.30. The van der Waals surface area contributed by atoms with Crippen LogP contribution in [-0.4, -0.2) is 18.2 Å². The third-order valence-corrected chi connectivity index (χ3v) is 3.80. The molecule has 0 spiro atoms. The van der Waals surface area contributed by atoms with E-state index in [1.54, 1.807) is 13.2 Å². The van der Waals surface area contributed by atoms with Crippen molar-refractivity contribution in [3.63, 3.8) is 0 Å². The molecular formula is C13H15ClO3. The summed E-state index contributed by atoms with van der Waals surface area (Å²) in [4.78, 5) is 11.4. The van der Waals surface area contributed by atoms with Gasteiger partial charge in [0, 0.05) is 5.02 Å². The molecule has 2 rings (SSSR count). The molecule has 1 fully saturated rings. The molecule has 0 saturated heterocycles. The van der Waals surface area contributed by atoms with Crippen LogP contribution in [0.4, 0.5) is 0 Å². The van der Waals surface area contributed by atoms with E-state index in [0.29, 0.717) is 23.4 Å². The molecule has 1 saturated carbocycles. The topological polar surface area (TPSA) is 46.5 Å². The molecule has 1 N–H and O–H groups in total. The van der Waals surface area contributed by atoms with Gasteiger partial charge >= 0.3 is 5.97 Å². The highest BCUT2D eigenvalue weighted by molar-refractivity contribution is 6.32. The molecule has 0 amide bonds. The van der Waals surface area contributed by atoms with E-state index < -0.39 is 11.4 Å². The molecule has 1 aromatic carbocycles. The van der Waals surface area contributed by atoms with E-state index in [1.165, 1.54) is 0 Å². The van der Waals surface area contributed by atoms with Gasteiger partial charge < -0.3 is 9.84 Å². The van der Waals surface area contributed by atoms with Crippen LogP contribution in [0.25, 0.3) is 0 Å². The first-order valence-corrected chi connectivity index (χ1v) is 5.89. The number of aliphatic carboxylic acids is 1. The number of carboxylic acid groups (broad SMARTS) is 1. The Bertz CT molecular complexity index is 490. The predicted octanol–water partition coefficient (Wildman–Crippen LogP) is 3.08. The Kier molecular flexibility index (Phi) is 2.82. The highest BCUT2D eigenvalue weighted by Crippen LogP contribution is 2.53. The van der Waals surface area contributed by atoms with Gasteiger partial charge in [0.2, 0.25) is 0 Å². The summed E-state index contributed by atoms with van der Waals surface area (Å²) in [5.74, 6) is -0.0645. The van der Waals surface area contributed by atoms with E-state index in [2.05, 4.69) is 0 Å². The Morgan fingerprint density at radius 3 is 2.47 bits per heavy atom. The van der Waals surface area contributed by atoms with Crippen molar-refractivity contribution in [1.29, 1.82) is 0 Å². The van der Waals surface area contributed by atoms with Crippen LogP contribution in [0.5, 0.6) is 5.75 Å². The van der Waals surface area contributed by atoms with Crippen LogP contribution < -0.4 is 4.74 Å². The highest BCUT2D eigenvalue weighted by Gasteiger charge is 2.54. The summed E-state index contributed by atoms with van der Waals surface area (Å²) in [6, 6.07) is 1.78. The predicted molar refractivity (Wildman–Crippen MR) is 66.0 cm³/mol. The molecule has 0 bridgehead atoms. The van der Waals surface area contributed by atoms with Gasteiger partial charge in [0.05, 0.1) is 12.5 Å². The number of carboxylic acids is 1. The minimum absolute atomic E-state index is 0.528. The number of carbonyl (C=O) groups is 1. The zero-order valence-corrected chi connectivity index (χ0v) is 10.9. The summed E-state index contributed by atoms with van der Waals surface area (Å²) in [5.41, 5.74) is 1.70. The van der Waals surface area contributed by atoms with Crippen molar-refractivity contribution in [2.24, 2.45) is 0 Å². The van der Waals surface area contributed by atoms with Crippen LogP contribution in [-0.2, 0) is 10.2 Å². The summed E-state index contributed by atoms with van der Waals surface area (Å²) in [5, 5.41) is 9.87. The zero-order chi connectivity index (χ0) is 12.8. The number of rotatable bonds is 3. The molecule has 0 atom stereocenters. The second-order valence-corrected chi connectivity index (χ2v) is 5.00. The maximum absolute atomic E-state index is 11.4. The number of hydrogen-bond acceptors (Lipinski definition) is 2. The number of methoxy groups -OCH3 is 1. The third kappa shape index (κ3) is 1.69. The Morgan fingerprint density at radius 2 is 2.06 bits per heavy atom. The summed E-state index contributed by atoms with van der Waals surface area (Å²) in [7, 11) is 1.59. The van der Waals surface area contributed by atoms with E-state index in [-0.39, 0.29) is 0 Å². The number of hydrogen-bond donors (Lipinski definition) is 1. The SMILES string of the molecule is COc1c(C)cc(Cl)c(C2(C(=O)O)CC2)c1C. The van der Waals surface area contributed by atoms with Gasteiger partial charge in [-0.05, 0) is 49.4 Å². The smallest absolute Gasteiger partial charge is 0.314 e. The fourth-order valence-corrected chi connectivity index (χ4v) is 3.00. The molecule has 0 aliphatic heterocycles. The summed E-state index contributed by atoms with van der Waals surface area (Å²) in [6.45, 7) is 3.78. The molecule has 0 radical (unpaired) electrons. The molecule has 17 heavy (non-hydrogen) atoms. The second-order valence-electron chi connectivity index (χ2n) is 4.60. The van der Waals surface area contributed by atoms with Crippen molar-refractivity contribution in [2.45, 2.75) is 32.1 Å². The Hall–Kier alpha value is -1.22. The second kappa shape index (κ2) is 3.91. The Labute approximate surface area is 105 Å². The molecule has 0 unspecified atom stereocenters. The van der Waals surface area contributed by atoms with Gasteiger partial charge in [-0.1, -0.05) is 11.6 Å². The van der Waals surface area contributed by atoms with Gasteiger partial charge in [-0.2, -0.15) is 0 Å². The number of halogens is 1. The van der Waals surface area contributed by atoms with Crippen LogP contribution in [0.15, 0.2) is 6.07 Å². The summed E-state index contributed by atoms with van der Waals surface area (Å²) < 4.78 is 5.32. The average molecular weight is 255 g/mol. The lowest BCUT2D eigenvalue weighted by molar-refractivity contribution is -0.140. The van der Waals surface area contributed by atoms with E-state index in [9.17, 15) is 9.90 Å². The van der Waals surface area contributed by atoms with Crippen LogP contribution in [0.2, 0.25) is 5.02 Å². The molecule has 0 aromatic heterocycles. The first kappa shape index (κ1) is 12.2. The highest BCUT2D eigenvalue weighted by atomic mass is 35.5. The normalized spacial score (nSPS) is 16.7. The van der Waals surface area contributed by atoms with Crippen molar-refractivity contribution in [3.05, 3.63) is 27.8 Å². The van der Waals surface area contributed by atoms with E-state index in [0.717, 1.165) is 16.9 Å². The monoisotopic (exact) mass is 254 g/mol. The zero-order valence-electron chi connectivity index (χ0n) is 10.1. The Balaban J connectivity index is 2.66. The van der Waals surface area contributed by atoms with Crippen molar-refractivity contribution in [3.8, 4) is 5.75 Å². The lowest BCUT2D eigenvalue weighted by Crippen LogP contribution is -2.21. The van der Waals surface area contributed by atoms with Crippen LogP contribution in [0.1, 0.15) is 29.5 Å². The lowest BCUT2D eigenvalue weighted by atomic mass is 9.90. The van der Waals surface area contributed by atoms with Crippen molar-refractivity contribution < 1.29 is 14.6 Å². The van der Waals surface area contributed by atoms with Crippen LogP contribution in [0.3, 0.4) is 0 Å². The van der Waals surface area contributed by atoms with Gasteiger partial charge in [-0.15, -0.1) is 0 Å². The van der Waals surface area contributed by atoms with Crippen molar-refractivity contribution >= 4 is 17.6 Å². The number of benzene rings is 1. The lowest BCUT2D eigenvalue weighted by Gasteiger charge is -2.19. The first-order chi connectivity index (χ1) is 7.94. The minimum atomic E-state index is -0.798. The maximum atomic E-state index is 11.4. The molecule has 4 heteroatoms. The maximum Gasteiger partial charge on any atom is 0.314 e. The van der Waals surface area contributed by atoms with Gasteiger partial charge in [0.15, 0.2) is 0 Å². The van der Waals surface area contributed by atoms with E-state index in [1.807, 2.05) is 13.8 Å². The molecular weight excluding hydrogens is 240 g/mol. The molecule has 92 valence electrons. The van der Waals surface area contributed by atoms with Gasteiger partial charge in [-0.25, -0.2) is 0 Å². The fraction of sp³-hybridized carbons (Fsp3) is 0.462. The standard InChI is InChI=1S/C13H15ClO3/c1-7-6-9(14)10(8(2)11(7)17-3)13(4-5-13)12(15)16/h6H,4-5H2,1-3H3,(H,15,16). The van der Waals surface area contributed by atoms with E-state index >= 15 is 0 Å². The quantitative estimate of drug-likeness (QED) is 0.902. The molecule has 1 aliphatic rings. The number of aryl methyl sites for hydroxylation is 1. The van der Waals surface area contributed by atoms with Gasteiger partial charge in [0.25, 0.3) is 0 Å². The van der Waals surface area contributed by atoms with Crippen molar-refractivity contribution in [1.82, 2.24) is 0 Å².